The molecule has 1 atom stereocenters. The number of methoxy groups -OCH3 is 1. The summed E-state index contributed by atoms with van der Waals surface area (Å²) in [5.74, 6) is 0.749. The Hall–Kier alpha value is -1.33. The summed E-state index contributed by atoms with van der Waals surface area (Å²) >= 11 is 3.43. The van der Waals surface area contributed by atoms with Crippen molar-refractivity contribution in [2.24, 2.45) is 7.05 Å². The maximum atomic E-state index is 10.2. The first kappa shape index (κ1) is 12.1. The number of aromatic nitrogens is 2. The van der Waals surface area contributed by atoms with Crippen LogP contribution < -0.4 is 4.74 Å². The fourth-order valence-electron chi connectivity index (χ4n) is 1.62. The van der Waals surface area contributed by atoms with Gasteiger partial charge in [0.15, 0.2) is 0 Å². The molecule has 2 rings (SSSR count). The average molecular weight is 297 g/mol. The summed E-state index contributed by atoms with van der Waals surface area (Å²) in [4.78, 5) is 0. The molecule has 4 nitrogen and oxygen atoms in total. The SMILES string of the molecule is COc1ccc(C(O)c2cnn(C)c2)c(Br)c1. The van der Waals surface area contributed by atoms with E-state index in [1.165, 1.54) is 0 Å². The first-order chi connectivity index (χ1) is 8.11. The molecule has 2 aromatic rings. The first-order valence-electron chi connectivity index (χ1n) is 5.12. The second-order valence-corrected chi connectivity index (χ2v) is 4.59. The van der Waals surface area contributed by atoms with Gasteiger partial charge >= 0.3 is 0 Å². The number of aliphatic hydroxyl groups is 1. The van der Waals surface area contributed by atoms with Crippen molar-refractivity contribution in [1.82, 2.24) is 9.78 Å². The Morgan fingerprint density at radius 1 is 1.47 bits per heavy atom. The number of benzene rings is 1. The number of rotatable bonds is 3. The minimum atomic E-state index is -0.691. The molecule has 1 heterocycles. The van der Waals surface area contributed by atoms with E-state index < -0.39 is 6.10 Å². The maximum absolute atomic E-state index is 10.2. The highest BCUT2D eigenvalue weighted by Crippen LogP contribution is 2.31. The molecule has 1 aromatic heterocycles. The van der Waals surface area contributed by atoms with Crippen LogP contribution in [-0.4, -0.2) is 22.0 Å². The Labute approximate surface area is 108 Å². The van der Waals surface area contributed by atoms with E-state index in [0.29, 0.717) is 0 Å². The van der Waals surface area contributed by atoms with Crippen LogP contribution in [0.3, 0.4) is 0 Å². The van der Waals surface area contributed by atoms with Gasteiger partial charge in [0.2, 0.25) is 0 Å². The average Bonchev–Trinajstić information content (AvgIpc) is 2.75. The van der Waals surface area contributed by atoms with Crippen molar-refractivity contribution in [3.8, 4) is 5.75 Å². The number of ether oxygens (including phenoxy) is 1. The van der Waals surface area contributed by atoms with Crippen LogP contribution in [-0.2, 0) is 7.05 Å². The number of aliphatic hydroxyl groups excluding tert-OH is 1. The van der Waals surface area contributed by atoms with Gasteiger partial charge in [-0.15, -0.1) is 0 Å². The van der Waals surface area contributed by atoms with E-state index in [0.717, 1.165) is 21.3 Å². The third kappa shape index (κ3) is 2.50. The monoisotopic (exact) mass is 296 g/mol. The van der Waals surface area contributed by atoms with Crippen molar-refractivity contribution in [2.45, 2.75) is 6.10 Å². The van der Waals surface area contributed by atoms with Crippen molar-refractivity contribution >= 4 is 15.9 Å². The lowest BCUT2D eigenvalue weighted by molar-refractivity contribution is 0.219. The maximum Gasteiger partial charge on any atom is 0.120 e. The van der Waals surface area contributed by atoms with Crippen LogP contribution in [0.5, 0.6) is 5.75 Å². The number of hydrogen-bond donors (Lipinski definition) is 1. The smallest absolute Gasteiger partial charge is 0.120 e. The van der Waals surface area contributed by atoms with Crippen LogP contribution in [0.1, 0.15) is 17.2 Å². The van der Waals surface area contributed by atoms with Crippen molar-refractivity contribution in [1.29, 1.82) is 0 Å². The molecule has 1 aromatic carbocycles. The van der Waals surface area contributed by atoms with Gasteiger partial charge in [0, 0.05) is 23.3 Å². The van der Waals surface area contributed by atoms with Crippen LogP contribution >= 0.6 is 15.9 Å². The predicted molar refractivity (Wildman–Crippen MR) is 68.0 cm³/mol. The topological polar surface area (TPSA) is 47.3 Å². The van der Waals surface area contributed by atoms with Crippen LogP contribution in [0.4, 0.5) is 0 Å². The molecule has 0 saturated carbocycles. The summed E-state index contributed by atoms with van der Waals surface area (Å²) < 4.78 is 7.59. The van der Waals surface area contributed by atoms with E-state index in [1.807, 2.05) is 25.2 Å². The van der Waals surface area contributed by atoms with Gasteiger partial charge in [0.25, 0.3) is 0 Å². The molecule has 0 amide bonds. The zero-order valence-electron chi connectivity index (χ0n) is 9.59. The third-order valence-electron chi connectivity index (χ3n) is 2.54. The number of halogens is 1. The van der Waals surface area contributed by atoms with E-state index >= 15 is 0 Å². The second kappa shape index (κ2) is 4.89. The quantitative estimate of drug-likeness (QED) is 0.945. The summed E-state index contributed by atoms with van der Waals surface area (Å²) in [5.41, 5.74) is 1.55. The van der Waals surface area contributed by atoms with Crippen LogP contribution in [0.25, 0.3) is 0 Å². The largest absolute Gasteiger partial charge is 0.497 e. The van der Waals surface area contributed by atoms with Crippen molar-refractivity contribution in [2.75, 3.05) is 7.11 Å². The van der Waals surface area contributed by atoms with E-state index in [1.54, 1.807) is 24.2 Å². The van der Waals surface area contributed by atoms with Crippen molar-refractivity contribution in [3.63, 3.8) is 0 Å². The Morgan fingerprint density at radius 3 is 2.76 bits per heavy atom. The van der Waals surface area contributed by atoms with E-state index in [-0.39, 0.29) is 0 Å². The first-order valence-corrected chi connectivity index (χ1v) is 5.91. The predicted octanol–water partition coefficient (Wildman–Crippen LogP) is 2.27. The molecule has 0 radical (unpaired) electrons. The second-order valence-electron chi connectivity index (χ2n) is 3.74. The molecular formula is C12H13BrN2O2. The molecule has 17 heavy (non-hydrogen) atoms. The summed E-state index contributed by atoms with van der Waals surface area (Å²) in [6, 6.07) is 5.48. The molecule has 0 fully saturated rings. The summed E-state index contributed by atoms with van der Waals surface area (Å²) in [7, 11) is 3.43. The van der Waals surface area contributed by atoms with Crippen LogP contribution in [0.15, 0.2) is 35.1 Å². The van der Waals surface area contributed by atoms with E-state index in [9.17, 15) is 5.11 Å². The van der Waals surface area contributed by atoms with Gasteiger partial charge in [-0.3, -0.25) is 4.68 Å². The fourth-order valence-corrected chi connectivity index (χ4v) is 2.19. The Kier molecular flexibility index (Phi) is 3.49. The zero-order valence-corrected chi connectivity index (χ0v) is 11.2. The highest BCUT2D eigenvalue weighted by Gasteiger charge is 2.15. The van der Waals surface area contributed by atoms with Gasteiger partial charge in [0.1, 0.15) is 11.9 Å². The normalized spacial score (nSPS) is 12.5. The fraction of sp³-hybridized carbons (Fsp3) is 0.250. The van der Waals surface area contributed by atoms with E-state index in [2.05, 4.69) is 21.0 Å². The van der Waals surface area contributed by atoms with Gasteiger partial charge in [-0.1, -0.05) is 22.0 Å². The molecule has 0 aliphatic heterocycles. The molecule has 0 aliphatic rings. The number of hydrogen-bond acceptors (Lipinski definition) is 3. The minimum absolute atomic E-state index is 0.691. The lowest BCUT2D eigenvalue weighted by atomic mass is 10.0. The molecule has 0 aliphatic carbocycles. The van der Waals surface area contributed by atoms with Gasteiger partial charge < -0.3 is 9.84 Å². The molecule has 0 saturated heterocycles. The summed E-state index contributed by atoms with van der Waals surface area (Å²) in [6.07, 6.45) is 2.76. The molecule has 1 unspecified atom stereocenters. The molecule has 90 valence electrons. The van der Waals surface area contributed by atoms with Gasteiger partial charge in [0.05, 0.1) is 13.3 Å². The summed E-state index contributed by atoms with van der Waals surface area (Å²) in [6.45, 7) is 0. The zero-order chi connectivity index (χ0) is 12.4. The standard InChI is InChI=1S/C12H13BrN2O2/c1-15-7-8(6-14-15)12(16)10-4-3-9(17-2)5-11(10)13/h3-7,12,16H,1-2H3. The van der Waals surface area contributed by atoms with Gasteiger partial charge in [-0.05, 0) is 17.7 Å². The van der Waals surface area contributed by atoms with Gasteiger partial charge in [-0.2, -0.15) is 5.10 Å². The summed E-state index contributed by atoms with van der Waals surface area (Å²) in [5, 5.41) is 14.3. The molecule has 0 spiro atoms. The molecule has 5 heteroatoms. The Balaban J connectivity index is 2.34. The van der Waals surface area contributed by atoms with Crippen molar-refractivity contribution < 1.29 is 9.84 Å². The number of aryl methyl sites for hydroxylation is 1. The Bertz CT molecular complexity index is 525. The minimum Gasteiger partial charge on any atom is -0.497 e. The van der Waals surface area contributed by atoms with Crippen molar-refractivity contribution in [3.05, 3.63) is 46.2 Å². The molecule has 1 N–H and O–H groups in total. The lowest BCUT2D eigenvalue weighted by Gasteiger charge is -2.12. The number of nitrogens with zero attached hydrogens (tertiary/aromatic N) is 2. The van der Waals surface area contributed by atoms with Gasteiger partial charge in [-0.25, -0.2) is 0 Å². The van der Waals surface area contributed by atoms with E-state index in [4.69, 9.17) is 4.74 Å². The molecular weight excluding hydrogens is 284 g/mol. The van der Waals surface area contributed by atoms with Crippen LogP contribution in [0.2, 0.25) is 0 Å². The highest BCUT2D eigenvalue weighted by molar-refractivity contribution is 9.10. The lowest BCUT2D eigenvalue weighted by Crippen LogP contribution is -2.00. The highest BCUT2D eigenvalue weighted by atomic mass is 79.9. The Morgan fingerprint density at radius 2 is 2.24 bits per heavy atom. The third-order valence-corrected chi connectivity index (χ3v) is 3.23. The molecule has 0 bridgehead atoms. The van der Waals surface area contributed by atoms with Crippen LogP contribution in [0, 0.1) is 0 Å².